The lowest BCUT2D eigenvalue weighted by atomic mass is 10.0. The van der Waals surface area contributed by atoms with Gasteiger partial charge in [-0.2, -0.15) is 15.1 Å². The van der Waals surface area contributed by atoms with Gasteiger partial charge in [-0.3, -0.25) is 9.83 Å². The molecule has 0 amide bonds. The van der Waals surface area contributed by atoms with E-state index < -0.39 is 26.9 Å². The van der Waals surface area contributed by atoms with Gasteiger partial charge in [0.25, 0.3) is 6.43 Å². The van der Waals surface area contributed by atoms with E-state index in [-0.39, 0.29) is 28.1 Å². The van der Waals surface area contributed by atoms with Crippen LogP contribution in [-0.4, -0.2) is 66.6 Å². The zero-order valence-electron chi connectivity index (χ0n) is 21.7. The Kier molecular flexibility index (Phi) is 6.35. The molecule has 2 unspecified atom stereocenters. The van der Waals surface area contributed by atoms with Gasteiger partial charge in [-0.1, -0.05) is 11.8 Å². The maximum absolute atomic E-state index is 13.6. The normalized spacial score (nSPS) is 30.1. The molecular formula is C24H30F2N8O3S2. The van der Waals surface area contributed by atoms with Gasteiger partial charge in [-0.25, -0.2) is 22.2 Å². The van der Waals surface area contributed by atoms with Gasteiger partial charge in [-0.05, 0) is 39.7 Å². The van der Waals surface area contributed by atoms with Gasteiger partial charge in [0, 0.05) is 37.8 Å². The number of sulfonamides is 1. The first kappa shape index (κ1) is 26.7. The Morgan fingerprint density at radius 1 is 1.31 bits per heavy atom. The molecule has 3 fully saturated rings. The molecule has 1 aliphatic carbocycles. The Balaban J connectivity index is 1.56. The lowest BCUT2D eigenvalue weighted by molar-refractivity contribution is -0.0558. The standard InChI is InChI=1S/C24H30F2N8O3S2/c1-13-9-33(10-14(2)28-13)16-8-15(39(35,36)32-24(12-27)5-6-24)11-34-19(18(29-21(16)34)17-4-7-37-17)23(3)31-30-22(38-23)20(25)26/h8,11,13-14,17,20,28,31-32H,4-7,9-10H2,1-3H3/t13-,14-,17?,23?/m0/s1. The topological polar surface area (TPSA) is 136 Å². The van der Waals surface area contributed by atoms with E-state index in [2.05, 4.69) is 45.4 Å². The number of fused-ring (bicyclic) bond motifs is 1. The molecule has 0 aromatic carbocycles. The first-order chi connectivity index (χ1) is 18.4. The molecule has 15 heteroatoms. The van der Waals surface area contributed by atoms with Crippen LogP contribution in [0.4, 0.5) is 14.5 Å². The van der Waals surface area contributed by atoms with Crippen molar-refractivity contribution < 1.29 is 21.9 Å². The molecule has 0 radical (unpaired) electrons. The van der Waals surface area contributed by atoms with Crippen molar-refractivity contribution in [3.05, 3.63) is 23.7 Å². The van der Waals surface area contributed by atoms with E-state index in [4.69, 9.17) is 9.72 Å². The molecular weight excluding hydrogens is 550 g/mol. The van der Waals surface area contributed by atoms with Gasteiger partial charge in [-0.15, -0.1) is 0 Å². The molecule has 3 N–H and O–H groups in total. The quantitative estimate of drug-likeness (QED) is 0.451. The summed E-state index contributed by atoms with van der Waals surface area (Å²) in [4.78, 5) is 5.87. The number of aromatic nitrogens is 2. The minimum absolute atomic E-state index is 0.0355. The number of hydrazone groups is 1. The number of anilines is 1. The summed E-state index contributed by atoms with van der Waals surface area (Å²) >= 11 is 0.880. The van der Waals surface area contributed by atoms with Gasteiger partial charge in [0.15, 0.2) is 10.7 Å². The Morgan fingerprint density at radius 3 is 2.54 bits per heavy atom. The third-order valence-electron chi connectivity index (χ3n) is 7.54. The van der Waals surface area contributed by atoms with Gasteiger partial charge in [0.05, 0.1) is 29.8 Å². The van der Waals surface area contributed by atoms with Crippen molar-refractivity contribution in [2.75, 3.05) is 24.6 Å². The predicted molar refractivity (Wildman–Crippen MR) is 142 cm³/mol. The van der Waals surface area contributed by atoms with Crippen molar-refractivity contribution >= 4 is 38.2 Å². The molecule has 4 atom stereocenters. The SMILES string of the molecule is C[C@H]1CN(c2cc(S(=O)(=O)NC3(C#N)CC3)cn3c(C4(C)NN=C(C(F)F)S4)c(C4CCO4)nc23)C[C@H](C)N1. The predicted octanol–water partition coefficient (Wildman–Crippen LogP) is 2.40. The smallest absolute Gasteiger partial charge is 0.288 e. The van der Waals surface area contributed by atoms with Crippen molar-refractivity contribution in [3.8, 4) is 6.07 Å². The van der Waals surface area contributed by atoms with Crippen LogP contribution in [0, 0.1) is 11.3 Å². The fraction of sp³-hybridized carbons (Fsp3) is 0.625. The summed E-state index contributed by atoms with van der Waals surface area (Å²) in [6, 6.07) is 3.94. The van der Waals surface area contributed by atoms with E-state index in [1.54, 1.807) is 17.4 Å². The third-order valence-corrected chi connectivity index (χ3v) is 10.2. The van der Waals surface area contributed by atoms with Crippen LogP contribution in [0.15, 0.2) is 22.3 Å². The molecule has 210 valence electrons. The Hall–Kier alpha value is -2.51. The number of thioether (sulfide) groups is 1. The summed E-state index contributed by atoms with van der Waals surface area (Å²) in [5.74, 6) is 0. The van der Waals surface area contributed by atoms with Crippen LogP contribution in [0.25, 0.3) is 5.65 Å². The summed E-state index contributed by atoms with van der Waals surface area (Å²) in [6.07, 6.45) is -0.0638. The summed E-state index contributed by atoms with van der Waals surface area (Å²) < 4.78 is 64.5. The van der Waals surface area contributed by atoms with Crippen molar-refractivity contribution in [1.82, 2.24) is 24.8 Å². The average Bonchev–Trinajstić information content (AvgIpc) is 3.30. The van der Waals surface area contributed by atoms with Crippen molar-refractivity contribution in [1.29, 1.82) is 5.26 Å². The summed E-state index contributed by atoms with van der Waals surface area (Å²) in [6.45, 7) is 7.61. The number of alkyl halides is 2. The van der Waals surface area contributed by atoms with Crippen molar-refractivity contribution in [3.63, 3.8) is 0 Å². The first-order valence-electron chi connectivity index (χ1n) is 12.9. The van der Waals surface area contributed by atoms with E-state index in [9.17, 15) is 22.5 Å². The number of halogens is 2. The zero-order chi connectivity index (χ0) is 27.7. The molecule has 4 aliphatic rings. The van der Waals surface area contributed by atoms with Crippen LogP contribution in [-0.2, 0) is 19.6 Å². The molecule has 0 spiro atoms. The molecule has 2 saturated heterocycles. The van der Waals surface area contributed by atoms with Crippen molar-refractivity contribution in [2.24, 2.45) is 5.10 Å². The van der Waals surface area contributed by atoms with E-state index in [1.165, 1.54) is 6.20 Å². The highest BCUT2D eigenvalue weighted by Gasteiger charge is 2.48. The maximum atomic E-state index is 13.6. The molecule has 3 aliphatic heterocycles. The van der Waals surface area contributed by atoms with Gasteiger partial charge in [0.2, 0.25) is 10.0 Å². The second-order valence-corrected chi connectivity index (χ2v) is 14.0. The average molecular weight is 581 g/mol. The van der Waals surface area contributed by atoms with Gasteiger partial charge in [0.1, 0.15) is 21.4 Å². The summed E-state index contributed by atoms with van der Waals surface area (Å²) in [7, 11) is -4.10. The second kappa shape index (κ2) is 9.27. The molecule has 2 aromatic heterocycles. The number of pyridine rings is 1. The summed E-state index contributed by atoms with van der Waals surface area (Å²) in [5, 5.41) is 16.5. The lowest BCUT2D eigenvalue weighted by Gasteiger charge is -2.38. The Morgan fingerprint density at radius 2 is 2.00 bits per heavy atom. The molecule has 39 heavy (non-hydrogen) atoms. The molecule has 2 aromatic rings. The number of imidazole rings is 1. The minimum Gasteiger partial charge on any atom is -0.372 e. The Bertz CT molecular complexity index is 1490. The largest absolute Gasteiger partial charge is 0.372 e. The molecule has 5 heterocycles. The highest BCUT2D eigenvalue weighted by Crippen LogP contribution is 2.46. The van der Waals surface area contributed by atoms with Crippen LogP contribution >= 0.6 is 11.8 Å². The number of nitrogens with zero attached hydrogens (tertiary/aromatic N) is 5. The van der Waals surface area contributed by atoms with E-state index in [1.807, 2.05) is 0 Å². The monoisotopic (exact) mass is 580 g/mol. The van der Waals surface area contributed by atoms with E-state index in [0.29, 0.717) is 61.7 Å². The van der Waals surface area contributed by atoms with E-state index >= 15 is 0 Å². The van der Waals surface area contributed by atoms with Crippen LogP contribution in [0.2, 0.25) is 0 Å². The van der Waals surface area contributed by atoms with Gasteiger partial charge < -0.3 is 15.0 Å². The number of piperazine rings is 1. The van der Waals surface area contributed by atoms with Gasteiger partial charge >= 0.3 is 0 Å². The zero-order valence-corrected chi connectivity index (χ0v) is 23.4. The van der Waals surface area contributed by atoms with E-state index in [0.717, 1.165) is 11.8 Å². The number of hydrogen-bond donors (Lipinski definition) is 3. The number of rotatable bonds is 7. The summed E-state index contributed by atoms with van der Waals surface area (Å²) in [5.41, 5.74) is 3.92. The number of nitriles is 1. The van der Waals surface area contributed by atoms with Crippen LogP contribution in [0.5, 0.6) is 0 Å². The molecule has 0 bridgehead atoms. The van der Waals surface area contributed by atoms with Crippen molar-refractivity contribution in [2.45, 2.75) is 80.0 Å². The van der Waals surface area contributed by atoms with Crippen LogP contribution < -0.4 is 20.4 Å². The molecule has 11 nitrogen and oxygen atoms in total. The van der Waals surface area contributed by atoms with Crippen LogP contribution in [0.1, 0.15) is 57.5 Å². The second-order valence-electron chi connectivity index (χ2n) is 10.9. The third kappa shape index (κ3) is 4.65. The molecule has 6 rings (SSSR count). The minimum atomic E-state index is -4.10. The Labute approximate surface area is 229 Å². The van der Waals surface area contributed by atoms with Crippen LogP contribution in [0.3, 0.4) is 0 Å². The highest BCUT2D eigenvalue weighted by atomic mass is 32.2. The fourth-order valence-corrected chi connectivity index (χ4v) is 7.85. The highest BCUT2D eigenvalue weighted by molar-refractivity contribution is 8.15. The number of nitrogens with one attached hydrogen (secondary N) is 3. The first-order valence-corrected chi connectivity index (χ1v) is 15.2. The maximum Gasteiger partial charge on any atom is 0.288 e. The lowest BCUT2D eigenvalue weighted by Crippen LogP contribution is -2.54. The number of ether oxygens (including phenoxy) is 1. The molecule has 1 saturated carbocycles. The number of hydrogen-bond acceptors (Lipinski definition) is 10. The fourth-order valence-electron chi connectivity index (χ4n) is 5.46.